The van der Waals surface area contributed by atoms with E-state index in [1.54, 1.807) is 48.3 Å². The summed E-state index contributed by atoms with van der Waals surface area (Å²) in [4.78, 5) is 26.3. The molecule has 3 rings (SSSR count). The minimum Gasteiger partial charge on any atom is -0.490 e. The van der Waals surface area contributed by atoms with Crippen LogP contribution in [0.15, 0.2) is 36.4 Å². The van der Waals surface area contributed by atoms with Gasteiger partial charge in [-0.3, -0.25) is 9.59 Å². The van der Waals surface area contributed by atoms with E-state index in [0.29, 0.717) is 32.9 Å². The van der Waals surface area contributed by atoms with Crippen LogP contribution in [0.3, 0.4) is 0 Å². The molecule has 2 aromatic rings. The summed E-state index contributed by atoms with van der Waals surface area (Å²) in [6.07, 6.45) is 0. The van der Waals surface area contributed by atoms with Crippen molar-refractivity contribution in [3.8, 4) is 11.5 Å². The van der Waals surface area contributed by atoms with E-state index in [1.165, 1.54) is 0 Å². The number of hydrogen-bond donors (Lipinski definition) is 1. The highest BCUT2D eigenvalue weighted by Gasteiger charge is 2.36. The standard InChI is InChI=1S/C20H20Cl2N2O4/c1-20(2)11-28-17-9-13(5-6-15(17)24(3)19(20)26)23-18(25)10-27-16-7-4-12(21)8-14(16)22/h4-9H,10-11H2,1-3H3,(H,23,25). The molecule has 2 aromatic carbocycles. The van der Waals surface area contributed by atoms with E-state index < -0.39 is 5.41 Å². The number of rotatable bonds is 4. The minimum absolute atomic E-state index is 0.0312. The van der Waals surface area contributed by atoms with Gasteiger partial charge in [0, 0.05) is 23.8 Å². The fourth-order valence-electron chi connectivity index (χ4n) is 2.80. The highest BCUT2D eigenvalue weighted by molar-refractivity contribution is 6.35. The van der Waals surface area contributed by atoms with E-state index in [-0.39, 0.29) is 25.0 Å². The average molecular weight is 423 g/mol. The number of halogens is 2. The molecule has 1 aliphatic heterocycles. The Hall–Kier alpha value is -2.44. The van der Waals surface area contributed by atoms with Gasteiger partial charge in [-0.1, -0.05) is 23.2 Å². The van der Waals surface area contributed by atoms with Crippen LogP contribution in [0.2, 0.25) is 10.0 Å². The number of ether oxygens (including phenoxy) is 2. The Morgan fingerprint density at radius 2 is 2.00 bits per heavy atom. The molecule has 0 radical (unpaired) electrons. The first-order valence-electron chi connectivity index (χ1n) is 8.60. The highest BCUT2D eigenvalue weighted by Crippen LogP contribution is 2.37. The average Bonchev–Trinajstić information content (AvgIpc) is 2.72. The van der Waals surface area contributed by atoms with Crippen LogP contribution in [0.25, 0.3) is 0 Å². The van der Waals surface area contributed by atoms with Crippen LogP contribution in [-0.2, 0) is 9.59 Å². The van der Waals surface area contributed by atoms with Crippen molar-refractivity contribution in [1.82, 2.24) is 0 Å². The molecule has 2 amide bonds. The van der Waals surface area contributed by atoms with Crippen molar-refractivity contribution >= 4 is 46.4 Å². The number of nitrogens with zero attached hydrogens (tertiary/aromatic N) is 1. The summed E-state index contributed by atoms with van der Waals surface area (Å²) in [5.74, 6) is 0.510. The number of carbonyl (C=O) groups is 2. The molecular formula is C20H20Cl2N2O4. The Bertz CT molecular complexity index is 930. The van der Waals surface area contributed by atoms with E-state index >= 15 is 0 Å². The van der Waals surface area contributed by atoms with Gasteiger partial charge in [0.25, 0.3) is 5.91 Å². The molecule has 0 unspecified atom stereocenters. The van der Waals surface area contributed by atoms with E-state index in [9.17, 15) is 9.59 Å². The van der Waals surface area contributed by atoms with E-state index in [1.807, 2.05) is 13.8 Å². The zero-order valence-corrected chi connectivity index (χ0v) is 17.2. The van der Waals surface area contributed by atoms with Crippen molar-refractivity contribution in [3.05, 3.63) is 46.4 Å². The van der Waals surface area contributed by atoms with Crippen molar-refractivity contribution in [3.63, 3.8) is 0 Å². The van der Waals surface area contributed by atoms with Gasteiger partial charge in [-0.05, 0) is 44.2 Å². The van der Waals surface area contributed by atoms with E-state index in [4.69, 9.17) is 32.7 Å². The Morgan fingerprint density at radius 1 is 1.25 bits per heavy atom. The minimum atomic E-state index is -0.636. The monoisotopic (exact) mass is 422 g/mol. The summed E-state index contributed by atoms with van der Waals surface area (Å²) in [5.41, 5.74) is 0.552. The van der Waals surface area contributed by atoms with Crippen molar-refractivity contribution in [2.45, 2.75) is 13.8 Å². The smallest absolute Gasteiger partial charge is 0.262 e. The SMILES string of the molecule is CN1C(=O)C(C)(C)COc2cc(NC(=O)COc3ccc(Cl)cc3Cl)ccc21. The first-order valence-corrected chi connectivity index (χ1v) is 9.36. The number of carbonyl (C=O) groups excluding carboxylic acids is 2. The number of benzene rings is 2. The van der Waals surface area contributed by atoms with Crippen molar-refractivity contribution in [1.29, 1.82) is 0 Å². The Balaban J connectivity index is 1.68. The van der Waals surface area contributed by atoms with Crippen LogP contribution in [0.1, 0.15) is 13.8 Å². The third-order valence-electron chi connectivity index (χ3n) is 4.33. The van der Waals surface area contributed by atoms with Crippen LogP contribution in [0, 0.1) is 5.41 Å². The Kier molecular flexibility index (Phi) is 5.72. The zero-order valence-electron chi connectivity index (χ0n) is 15.7. The lowest BCUT2D eigenvalue weighted by Crippen LogP contribution is -2.39. The molecule has 0 aromatic heterocycles. The van der Waals surface area contributed by atoms with Gasteiger partial charge in [-0.25, -0.2) is 0 Å². The van der Waals surface area contributed by atoms with E-state index in [2.05, 4.69) is 5.32 Å². The lowest BCUT2D eigenvalue weighted by Gasteiger charge is -2.24. The summed E-state index contributed by atoms with van der Waals surface area (Å²) < 4.78 is 11.2. The molecule has 0 saturated carbocycles. The second kappa shape index (κ2) is 7.89. The predicted molar refractivity (Wildman–Crippen MR) is 110 cm³/mol. The van der Waals surface area contributed by atoms with E-state index in [0.717, 1.165) is 0 Å². The predicted octanol–water partition coefficient (Wildman–Crippen LogP) is 4.39. The molecule has 0 aliphatic carbocycles. The zero-order chi connectivity index (χ0) is 20.5. The van der Waals surface area contributed by atoms with Crippen LogP contribution in [-0.4, -0.2) is 32.1 Å². The number of hydrogen-bond acceptors (Lipinski definition) is 4. The van der Waals surface area contributed by atoms with Crippen LogP contribution in [0.5, 0.6) is 11.5 Å². The molecule has 0 spiro atoms. The number of anilines is 2. The lowest BCUT2D eigenvalue weighted by molar-refractivity contribution is -0.127. The van der Waals surface area contributed by atoms with Crippen molar-refractivity contribution in [2.75, 3.05) is 30.5 Å². The van der Waals surface area contributed by atoms with Crippen molar-refractivity contribution in [2.24, 2.45) is 5.41 Å². The highest BCUT2D eigenvalue weighted by atomic mass is 35.5. The second-order valence-electron chi connectivity index (χ2n) is 7.13. The number of amides is 2. The molecule has 0 atom stereocenters. The summed E-state index contributed by atoms with van der Waals surface area (Å²) in [5, 5.41) is 3.56. The molecule has 6 nitrogen and oxygen atoms in total. The van der Waals surface area contributed by atoms with Gasteiger partial charge in [0.1, 0.15) is 18.1 Å². The maximum atomic E-state index is 12.5. The van der Waals surface area contributed by atoms with Gasteiger partial charge < -0.3 is 19.7 Å². The summed E-state index contributed by atoms with van der Waals surface area (Å²) in [6, 6.07) is 9.90. The molecule has 1 N–H and O–H groups in total. The van der Waals surface area contributed by atoms with Gasteiger partial charge in [0.2, 0.25) is 5.91 Å². The lowest BCUT2D eigenvalue weighted by atomic mass is 9.93. The molecule has 148 valence electrons. The fraction of sp³-hybridized carbons (Fsp3) is 0.300. The molecule has 1 heterocycles. The Labute approximate surface area is 173 Å². The number of fused-ring (bicyclic) bond motifs is 1. The second-order valence-corrected chi connectivity index (χ2v) is 7.97. The molecule has 0 fully saturated rings. The maximum absolute atomic E-state index is 12.5. The third-order valence-corrected chi connectivity index (χ3v) is 4.86. The summed E-state index contributed by atoms with van der Waals surface area (Å²) in [7, 11) is 1.71. The van der Waals surface area contributed by atoms with Crippen LogP contribution in [0.4, 0.5) is 11.4 Å². The summed E-state index contributed by atoms with van der Waals surface area (Å²) in [6.45, 7) is 3.70. The Morgan fingerprint density at radius 3 is 2.71 bits per heavy atom. The van der Waals surface area contributed by atoms with Gasteiger partial charge >= 0.3 is 0 Å². The number of nitrogens with one attached hydrogen (secondary N) is 1. The first kappa shape index (κ1) is 20.3. The van der Waals surface area contributed by atoms with Gasteiger partial charge in [-0.2, -0.15) is 0 Å². The summed E-state index contributed by atoms with van der Waals surface area (Å²) >= 11 is 11.9. The van der Waals surface area contributed by atoms with Crippen LogP contribution >= 0.6 is 23.2 Å². The van der Waals surface area contributed by atoms with Gasteiger partial charge in [0.05, 0.1) is 16.1 Å². The fourth-order valence-corrected chi connectivity index (χ4v) is 3.26. The maximum Gasteiger partial charge on any atom is 0.262 e. The van der Waals surface area contributed by atoms with Gasteiger partial charge in [0.15, 0.2) is 6.61 Å². The van der Waals surface area contributed by atoms with Crippen LogP contribution < -0.4 is 19.7 Å². The molecule has 8 heteroatoms. The third kappa shape index (κ3) is 4.34. The first-order chi connectivity index (χ1) is 13.2. The normalized spacial score (nSPS) is 15.3. The molecule has 0 saturated heterocycles. The quantitative estimate of drug-likeness (QED) is 0.792. The molecule has 1 aliphatic rings. The largest absolute Gasteiger partial charge is 0.490 e. The molecule has 0 bridgehead atoms. The van der Waals surface area contributed by atoms with Gasteiger partial charge in [-0.15, -0.1) is 0 Å². The van der Waals surface area contributed by atoms with Crippen molar-refractivity contribution < 1.29 is 19.1 Å². The molecule has 28 heavy (non-hydrogen) atoms. The topological polar surface area (TPSA) is 67.9 Å². The molecular weight excluding hydrogens is 403 g/mol.